The molecule has 0 N–H and O–H groups in total. The lowest BCUT2D eigenvalue weighted by molar-refractivity contribution is 1.09. The van der Waals surface area contributed by atoms with Gasteiger partial charge in [-0.25, -0.2) is 0 Å². The zero-order chi connectivity index (χ0) is 11.8. The van der Waals surface area contributed by atoms with Crippen LogP contribution in [-0.2, 0) is 0 Å². The van der Waals surface area contributed by atoms with Gasteiger partial charge in [0.15, 0.2) is 0 Å². The summed E-state index contributed by atoms with van der Waals surface area (Å²) in [6.07, 6.45) is 1.25. The van der Waals surface area contributed by atoms with E-state index in [1.807, 2.05) is 6.07 Å². The monoisotopic (exact) mass is 212 g/mol. The Morgan fingerprint density at radius 2 is 1.31 bits per heavy atom. The van der Waals surface area contributed by atoms with Crippen LogP contribution >= 0.6 is 0 Å². The highest BCUT2D eigenvalue weighted by Crippen LogP contribution is 2.19. The summed E-state index contributed by atoms with van der Waals surface area (Å²) in [5.74, 6) is 0. The van der Waals surface area contributed by atoms with Gasteiger partial charge in [-0.15, -0.1) is 0 Å². The maximum atomic E-state index is 2.20. The predicted octanol–water partition coefficient (Wildman–Crippen LogP) is 5.08. The number of aryl methyl sites for hydroxylation is 1. The molecule has 0 amide bonds. The van der Waals surface area contributed by atoms with E-state index in [1.54, 1.807) is 0 Å². The molecular weight excluding hydrogens is 192 g/mol. The van der Waals surface area contributed by atoms with Gasteiger partial charge in [0.1, 0.15) is 0 Å². The molecule has 0 saturated carbocycles. The fourth-order valence-electron chi connectivity index (χ4n) is 1.46. The first-order valence-corrected chi connectivity index (χ1v) is 5.90. The zero-order valence-electron chi connectivity index (χ0n) is 10.4. The van der Waals surface area contributed by atoms with Gasteiger partial charge in [0.25, 0.3) is 0 Å². The number of benzene rings is 2. The number of hydrogen-bond acceptors (Lipinski definition) is 0. The molecule has 0 aliphatic carbocycles. The second kappa shape index (κ2) is 6.84. The van der Waals surface area contributed by atoms with Crippen molar-refractivity contribution < 1.29 is 0 Å². The van der Waals surface area contributed by atoms with Gasteiger partial charge < -0.3 is 0 Å². The van der Waals surface area contributed by atoms with Crippen LogP contribution in [0.25, 0.3) is 11.1 Å². The van der Waals surface area contributed by atoms with Crippen LogP contribution in [0.4, 0.5) is 0 Å². The van der Waals surface area contributed by atoms with Crippen LogP contribution in [-0.4, -0.2) is 0 Å². The van der Waals surface area contributed by atoms with Crippen molar-refractivity contribution in [3.8, 4) is 11.1 Å². The van der Waals surface area contributed by atoms with Crippen LogP contribution in [0.1, 0.15) is 25.8 Å². The second-order valence-corrected chi connectivity index (χ2v) is 3.94. The van der Waals surface area contributed by atoms with Crippen molar-refractivity contribution in [1.82, 2.24) is 0 Å². The molecule has 0 spiro atoms. The van der Waals surface area contributed by atoms with E-state index in [4.69, 9.17) is 0 Å². The standard InChI is InChI=1S/C13H12.C3H8/c1-11-6-5-9-13(10-11)12-7-3-2-4-8-12;1-3-2/h2-10H,1H3;3H2,1-2H3. The van der Waals surface area contributed by atoms with Crippen molar-refractivity contribution in [3.05, 3.63) is 60.2 Å². The topological polar surface area (TPSA) is 0 Å². The highest BCUT2D eigenvalue weighted by Gasteiger charge is 1.94. The lowest BCUT2D eigenvalue weighted by atomic mass is 10.0. The van der Waals surface area contributed by atoms with E-state index < -0.39 is 0 Å². The smallest absolute Gasteiger partial charge is 0.0181 e. The molecule has 0 unspecified atom stereocenters. The Bertz CT molecular complexity index is 401. The molecular formula is C16H20. The Kier molecular flexibility index (Phi) is 5.35. The van der Waals surface area contributed by atoms with Crippen molar-refractivity contribution in [2.75, 3.05) is 0 Å². The van der Waals surface area contributed by atoms with Crippen molar-refractivity contribution in [3.63, 3.8) is 0 Å². The van der Waals surface area contributed by atoms with Crippen molar-refractivity contribution in [2.24, 2.45) is 0 Å². The molecule has 0 fully saturated rings. The normalized spacial score (nSPS) is 9.19. The highest BCUT2D eigenvalue weighted by atomic mass is 14.0. The third kappa shape index (κ3) is 3.90. The first kappa shape index (κ1) is 12.5. The molecule has 0 aliphatic rings. The van der Waals surface area contributed by atoms with E-state index in [0.29, 0.717) is 0 Å². The molecule has 84 valence electrons. The highest BCUT2D eigenvalue weighted by molar-refractivity contribution is 5.63. The summed E-state index contributed by atoms with van der Waals surface area (Å²) in [7, 11) is 0. The van der Waals surface area contributed by atoms with Gasteiger partial charge in [-0.2, -0.15) is 0 Å². The van der Waals surface area contributed by atoms with Gasteiger partial charge in [-0.05, 0) is 18.1 Å². The number of hydrogen-bond donors (Lipinski definition) is 0. The molecule has 0 heteroatoms. The molecule has 0 saturated heterocycles. The molecule has 0 aromatic heterocycles. The molecule has 0 aliphatic heterocycles. The van der Waals surface area contributed by atoms with Crippen LogP contribution in [0.15, 0.2) is 54.6 Å². The van der Waals surface area contributed by atoms with E-state index >= 15 is 0 Å². The van der Waals surface area contributed by atoms with Gasteiger partial charge in [-0.1, -0.05) is 80.4 Å². The Morgan fingerprint density at radius 3 is 1.88 bits per heavy atom. The summed E-state index contributed by atoms with van der Waals surface area (Å²) in [6.45, 7) is 6.37. The Morgan fingerprint density at radius 1 is 0.750 bits per heavy atom. The summed E-state index contributed by atoms with van der Waals surface area (Å²) in [5.41, 5.74) is 3.88. The van der Waals surface area contributed by atoms with Crippen molar-refractivity contribution in [2.45, 2.75) is 27.2 Å². The molecule has 0 atom stereocenters. The van der Waals surface area contributed by atoms with Crippen LogP contribution in [0.5, 0.6) is 0 Å². The van der Waals surface area contributed by atoms with E-state index in [-0.39, 0.29) is 0 Å². The average molecular weight is 212 g/mol. The summed E-state index contributed by atoms with van der Waals surface area (Å²) in [5, 5.41) is 0. The Balaban J connectivity index is 0.000000386. The Hall–Kier alpha value is -1.56. The summed E-state index contributed by atoms with van der Waals surface area (Å²) >= 11 is 0. The van der Waals surface area contributed by atoms with E-state index in [9.17, 15) is 0 Å². The average Bonchev–Trinajstić information content (AvgIpc) is 2.31. The van der Waals surface area contributed by atoms with E-state index in [0.717, 1.165) is 0 Å². The van der Waals surface area contributed by atoms with Gasteiger partial charge in [-0.3, -0.25) is 0 Å². The summed E-state index contributed by atoms with van der Waals surface area (Å²) < 4.78 is 0. The summed E-state index contributed by atoms with van der Waals surface area (Å²) in [6, 6.07) is 19.0. The minimum Gasteiger partial charge on any atom is -0.0656 e. The molecule has 0 bridgehead atoms. The molecule has 2 aromatic rings. The predicted molar refractivity (Wildman–Crippen MR) is 72.6 cm³/mol. The van der Waals surface area contributed by atoms with Crippen molar-refractivity contribution in [1.29, 1.82) is 0 Å². The molecule has 2 aromatic carbocycles. The van der Waals surface area contributed by atoms with Crippen LogP contribution in [0.2, 0.25) is 0 Å². The SMILES string of the molecule is CCC.Cc1cccc(-c2ccccc2)c1. The molecule has 16 heavy (non-hydrogen) atoms. The maximum absolute atomic E-state index is 2.20. The van der Waals surface area contributed by atoms with Gasteiger partial charge in [0.05, 0.1) is 0 Å². The maximum Gasteiger partial charge on any atom is -0.0181 e. The lowest BCUT2D eigenvalue weighted by Gasteiger charge is -2.01. The molecule has 0 radical (unpaired) electrons. The minimum absolute atomic E-state index is 1.25. The molecule has 0 nitrogen and oxygen atoms in total. The fourth-order valence-corrected chi connectivity index (χ4v) is 1.46. The minimum atomic E-state index is 1.25. The van der Waals surface area contributed by atoms with E-state index in [1.165, 1.54) is 23.1 Å². The fraction of sp³-hybridized carbons (Fsp3) is 0.250. The van der Waals surface area contributed by atoms with Gasteiger partial charge in [0.2, 0.25) is 0 Å². The Labute approximate surface area is 99.0 Å². The zero-order valence-corrected chi connectivity index (χ0v) is 10.4. The quantitative estimate of drug-likeness (QED) is 0.618. The largest absolute Gasteiger partial charge is 0.0656 e. The molecule has 2 rings (SSSR count). The third-order valence-electron chi connectivity index (χ3n) is 2.13. The van der Waals surface area contributed by atoms with E-state index in [2.05, 4.69) is 69.3 Å². The van der Waals surface area contributed by atoms with Crippen LogP contribution in [0.3, 0.4) is 0 Å². The second-order valence-electron chi connectivity index (χ2n) is 3.94. The lowest BCUT2D eigenvalue weighted by Crippen LogP contribution is -1.77. The van der Waals surface area contributed by atoms with Gasteiger partial charge >= 0.3 is 0 Å². The summed E-state index contributed by atoms with van der Waals surface area (Å²) in [4.78, 5) is 0. The number of rotatable bonds is 1. The first-order chi connectivity index (χ1) is 7.77. The first-order valence-electron chi connectivity index (χ1n) is 5.90. The molecule has 0 heterocycles. The van der Waals surface area contributed by atoms with Crippen molar-refractivity contribution >= 4 is 0 Å². The van der Waals surface area contributed by atoms with Gasteiger partial charge in [0, 0.05) is 0 Å². The van der Waals surface area contributed by atoms with Crippen LogP contribution in [0, 0.1) is 6.92 Å². The third-order valence-corrected chi connectivity index (χ3v) is 2.13. The van der Waals surface area contributed by atoms with Crippen LogP contribution < -0.4 is 0 Å².